The van der Waals surface area contributed by atoms with Crippen LogP contribution in [0.1, 0.15) is 17.3 Å². The van der Waals surface area contributed by atoms with Crippen LogP contribution in [0.15, 0.2) is 24.3 Å². The van der Waals surface area contributed by atoms with Gasteiger partial charge in [0, 0.05) is 0 Å². The Kier molecular flexibility index (Phi) is 5.23. The van der Waals surface area contributed by atoms with Gasteiger partial charge in [-0.1, -0.05) is 12.1 Å². The topological polar surface area (TPSA) is 64.6 Å². The SMILES string of the molecule is COC(=O)C(C)NC(=O)c1ccccc1OC(F)F. The summed E-state index contributed by atoms with van der Waals surface area (Å²) in [7, 11) is 1.18. The zero-order valence-corrected chi connectivity index (χ0v) is 10.4. The highest BCUT2D eigenvalue weighted by molar-refractivity contribution is 5.98. The molecule has 5 nitrogen and oxygen atoms in total. The minimum atomic E-state index is -3.04. The predicted octanol–water partition coefficient (Wildman–Crippen LogP) is 1.58. The average molecular weight is 273 g/mol. The van der Waals surface area contributed by atoms with Crippen molar-refractivity contribution in [1.82, 2.24) is 5.32 Å². The second-order valence-corrected chi connectivity index (χ2v) is 3.59. The second kappa shape index (κ2) is 6.67. The van der Waals surface area contributed by atoms with Crippen molar-refractivity contribution < 1.29 is 27.8 Å². The first-order valence-electron chi connectivity index (χ1n) is 5.38. The quantitative estimate of drug-likeness (QED) is 0.827. The molecule has 104 valence electrons. The van der Waals surface area contributed by atoms with Gasteiger partial charge < -0.3 is 14.8 Å². The first-order valence-corrected chi connectivity index (χ1v) is 5.38. The van der Waals surface area contributed by atoms with E-state index >= 15 is 0 Å². The van der Waals surface area contributed by atoms with Crippen LogP contribution in [0.4, 0.5) is 8.78 Å². The highest BCUT2D eigenvalue weighted by atomic mass is 19.3. The summed E-state index contributed by atoms with van der Waals surface area (Å²) in [6.45, 7) is -1.62. The predicted molar refractivity (Wildman–Crippen MR) is 62.0 cm³/mol. The summed E-state index contributed by atoms with van der Waals surface area (Å²) >= 11 is 0. The highest BCUT2D eigenvalue weighted by Gasteiger charge is 2.20. The number of carbonyl (C=O) groups is 2. The molecule has 0 radical (unpaired) electrons. The molecular weight excluding hydrogens is 260 g/mol. The van der Waals surface area contributed by atoms with Crippen LogP contribution in [0.5, 0.6) is 5.75 Å². The van der Waals surface area contributed by atoms with Gasteiger partial charge in [-0.25, -0.2) is 4.79 Å². The molecule has 19 heavy (non-hydrogen) atoms. The zero-order valence-electron chi connectivity index (χ0n) is 10.4. The summed E-state index contributed by atoms with van der Waals surface area (Å²) < 4.78 is 33.0. The molecule has 0 saturated heterocycles. The van der Waals surface area contributed by atoms with Crippen molar-refractivity contribution in [3.05, 3.63) is 29.8 Å². The van der Waals surface area contributed by atoms with Gasteiger partial charge >= 0.3 is 12.6 Å². The van der Waals surface area contributed by atoms with Gasteiger partial charge in [0.05, 0.1) is 12.7 Å². The van der Waals surface area contributed by atoms with Crippen LogP contribution in [0, 0.1) is 0 Å². The van der Waals surface area contributed by atoms with Gasteiger partial charge in [-0.05, 0) is 19.1 Å². The molecule has 0 heterocycles. The third-order valence-corrected chi connectivity index (χ3v) is 2.25. The molecule has 0 fully saturated rings. The molecule has 1 N–H and O–H groups in total. The maximum Gasteiger partial charge on any atom is 0.387 e. The summed E-state index contributed by atoms with van der Waals surface area (Å²) in [6.07, 6.45) is 0. The van der Waals surface area contributed by atoms with Crippen LogP contribution in [-0.2, 0) is 9.53 Å². The summed E-state index contributed by atoms with van der Waals surface area (Å²) in [5.41, 5.74) is -0.0847. The van der Waals surface area contributed by atoms with Crippen molar-refractivity contribution in [3.8, 4) is 5.75 Å². The van der Waals surface area contributed by atoms with Crippen molar-refractivity contribution in [2.45, 2.75) is 19.6 Å². The van der Waals surface area contributed by atoms with Crippen LogP contribution in [0.25, 0.3) is 0 Å². The Hall–Kier alpha value is -2.18. The van der Waals surface area contributed by atoms with Crippen LogP contribution in [0.3, 0.4) is 0 Å². The zero-order chi connectivity index (χ0) is 14.4. The van der Waals surface area contributed by atoms with Crippen molar-refractivity contribution >= 4 is 11.9 Å². The summed E-state index contributed by atoms with van der Waals surface area (Å²) in [5.74, 6) is -1.60. The van der Waals surface area contributed by atoms with E-state index in [9.17, 15) is 18.4 Å². The molecule has 0 aliphatic carbocycles. The van der Waals surface area contributed by atoms with Crippen LogP contribution in [0.2, 0.25) is 0 Å². The van der Waals surface area contributed by atoms with Gasteiger partial charge in [0.15, 0.2) is 0 Å². The van der Waals surface area contributed by atoms with Gasteiger partial charge in [-0.15, -0.1) is 0 Å². The molecule has 1 aromatic carbocycles. The molecule has 7 heteroatoms. The summed E-state index contributed by atoms with van der Waals surface area (Å²) in [6, 6.07) is 4.62. The molecular formula is C12H13F2NO4. The Labute approximate surface area is 108 Å². The Morgan fingerprint density at radius 1 is 1.26 bits per heavy atom. The maximum atomic E-state index is 12.2. The second-order valence-electron chi connectivity index (χ2n) is 3.59. The van der Waals surface area contributed by atoms with Crippen LogP contribution >= 0.6 is 0 Å². The standard InChI is InChI=1S/C12H13F2NO4/c1-7(11(17)18-2)15-10(16)8-5-3-4-6-9(8)19-12(13)14/h3-7,12H,1-2H3,(H,15,16). The Morgan fingerprint density at radius 2 is 1.89 bits per heavy atom. The van der Waals surface area contributed by atoms with Gasteiger partial charge in [0.25, 0.3) is 5.91 Å². The number of ether oxygens (including phenoxy) is 2. The van der Waals surface area contributed by atoms with Crippen molar-refractivity contribution in [2.75, 3.05) is 7.11 Å². The number of hydrogen-bond acceptors (Lipinski definition) is 4. The fraction of sp³-hybridized carbons (Fsp3) is 0.333. The molecule has 0 aliphatic rings. The van der Waals surface area contributed by atoms with Crippen molar-refractivity contribution in [3.63, 3.8) is 0 Å². The maximum absolute atomic E-state index is 12.2. The van der Waals surface area contributed by atoms with E-state index in [1.807, 2.05) is 0 Å². The first-order chi connectivity index (χ1) is 8.95. The molecule has 1 aromatic rings. The summed E-state index contributed by atoms with van der Waals surface area (Å²) in [5, 5.41) is 2.32. The lowest BCUT2D eigenvalue weighted by atomic mass is 10.1. The third-order valence-electron chi connectivity index (χ3n) is 2.25. The number of amides is 1. The molecule has 1 atom stereocenters. The van der Waals surface area contributed by atoms with Crippen molar-refractivity contribution in [1.29, 1.82) is 0 Å². The average Bonchev–Trinajstić information content (AvgIpc) is 2.37. The van der Waals surface area contributed by atoms with E-state index in [1.165, 1.54) is 38.3 Å². The number of carbonyl (C=O) groups excluding carboxylic acids is 2. The smallest absolute Gasteiger partial charge is 0.387 e. The monoisotopic (exact) mass is 273 g/mol. The van der Waals surface area contributed by atoms with E-state index in [1.54, 1.807) is 0 Å². The van der Waals surface area contributed by atoms with E-state index in [-0.39, 0.29) is 11.3 Å². The van der Waals surface area contributed by atoms with E-state index in [0.717, 1.165) is 0 Å². The number of nitrogens with one attached hydrogen (secondary N) is 1. The number of esters is 1. The molecule has 0 aliphatic heterocycles. The fourth-order valence-corrected chi connectivity index (χ4v) is 1.36. The minimum absolute atomic E-state index is 0.0847. The number of hydrogen-bond donors (Lipinski definition) is 1. The minimum Gasteiger partial charge on any atom is -0.467 e. The Bertz CT molecular complexity index is 465. The van der Waals surface area contributed by atoms with Crippen LogP contribution < -0.4 is 10.1 Å². The van der Waals surface area contributed by atoms with Crippen LogP contribution in [-0.4, -0.2) is 31.6 Å². The number of halogens is 2. The lowest BCUT2D eigenvalue weighted by Crippen LogP contribution is -2.39. The summed E-state index contributed by atoms with van der Waals surface area (Å²) in [4.78, 5) is 23.0. The van der Waals surface area contributed by atoms with E-state index in [2.05, 4.69) is 14.8 Å². The number of rotatable bonds is 5. The highest BCUT2D eigenvalue weighted by Crippen LogP contribution is 2.20. The van der Waals surface area contributed by atoms with Gasteiger partial charge in [0.1, 0.15) is 11.8 Å². The number of benzene rings is 1. The molecule has 1 amide bonds. The van der Waals surface area contributed by atoms with Crippen molar-refractivity contribution in [2.24, 2.45) is 0 Å². The lowest BCUT2D eigenvalue weighted by Gasteiger charge is -2.14. The molecule has 0 spiro atoms. The van der Waals surface area contributed by atoms with E-state index in [0.29, 0.717) is 0 Å². The number of para-hydroxylation sites is 1. The molecule has 0 bridgehead atoms. The molecule has 0 aromatic heterocycles. The fourth-order valence-electron chi connectivity index (χ4n) is 1.36. The molecule has 0 saturated carbocycles. The normalized spacial score (nSPS) is 11.8. The Morgan fingerprint density at radius 3 is 2.47 bits per heavy atom. The molecule has 1 unspecified atom stereocenters. The van der Waals surface area contributed by atoms with Gasteiger partial charge in [-0.3, -0.25) is 4.79 Å². The lowest BCUT2D eigenvalue weighted by molar-refractivity contribution is -0.142. The first kappa shape index (κ1) is 14.9. The number of methoxy groups -OCH3 is 1. The third kappa shape index (κ3) is 4.20. The van der Waals surface area contributed by atoms with Gasteiger partial charge in [-0.2, -0.15) is 8.78 Å². The largest absolute Gasteiger partial charge is 0.467 e. The van der Waals surface area contributed by atoms with Gasteiger partial charge in [0.2, 0.25) is 0 Å². The van der Waals surface area contributed by atoms with E-state index < -0.39 is 24.5 Å². The Balaban J connectivity index is 2.84. The molecule has 1 rings (SSSR count). The number of alkyl halides is 2. The van der Waals surface area contributed by atoms with E-state index in [4.69, 9.17) is 0 Å².